The van der Waals surface area contributed by atoms with Crippen LogP contribution in [0.25, 0.3) is 11.4 Å². The Balaban J connectivity index is 2.54. The Morgan fingerprint density at radius 2 is 2.06 bits per heavy atom. The molecule has 0 spiro atoms. The largest absolute Gasteiger partial charge is 0.324 e. The van der Waals surface area contributed by atoms with Gasteiger partial charge in [0.2, 0.25) is 0 Å². The minimum atomic E-state index is 0.342. The predicted molar refractivity (Wildman–Crippen MR) is 64.4 cm³/mol. The van der Waals surface area contributed by atoms with Crippen LogP contribution >= 0.6 is 23.2 Å². The van der Waals surface area contributed by atoms with E-state index in [1.54, 1.807) is 12.1 Å². The van der Waals surface area contributed by atoms with Gasteiger partial charge in [-0.3, -0.25) is 0 Å². The van der Waals surface area contributed by atoms with Gasteiger partial charge in [0.1, 0.15) is 5.82 Å². The molecular formula is C10H10Cl2N4. The van der Waals surface area contributed by atoms with E-state index in [2.05, 4.69) is 10.2 Å². The molecule has 0 bridgehead atoms. The molecule has 1 aromatic carbocycles. The Labute approximate surface area is 103 Å². The fourth-order valence-corrected chi connectivity index (χ4v) is 1.94. The first-order valence-corrected chi connectivity index (χ1v) is 5.43. The standard InChI is InChI=1S/C10H10Cl2N4/c1-16-9(5-13)14-15-10(16)7-3-2-6(11)4-8(7)12/h2-4H,5,13H2,1H3. The van der Waals surface area contributed by atoms with Gasteiger partial charge in [-0.15, -0.1) is 10.2 Å². The van der Waals surface area contributed by atoms with E-state index in [0.717, 1.165) is 5.56 Å². The average molecular weight is 257 g/mol. The molecule has 0 aliphatic heterocycles. The summed E-state index contributed by atoms with van der Waals surface area (Å²) >= 11 is 11.9. The SMILES string of the molecule is Cn1c(CN)nnc1-c1ccc(Cl)cc1Cl. The van der Waals surface area contributed by atoms with Gasteiger partial charge in [0.15, 0.2) is 5.82 Å². The topological polar surface area (TPSA) is 56.7 Å². The van der Waals surface area contributed by atoms with Crippen molar-refractivity contribution in [3.63, 3.8) is 0 Å². The van der Waals surface area contributed by atoms with Crippen LogP contribution in [0.1, 0.15) is 5.82 Å². The number of rotatable bonds is 2. The molecular weight excluding hydrogens is 247 g/mol. The summed E-state index contributed by atoms with van der Waals surface area (Å²) in [5.74, 6) is 1.39. The van der Waals surface area contributed by atoms with Crippen LogP contribution in [-0.2, 0) is 13.6 Å². The molecule has 0 fully saturated rings. The number of hydrogen-bond acceptors (Lipinski definition) is 3. The molecule has 1 heterocycles. The fourth-order valence-electron chi connectivity index (χ4n) is 1.44. The van der Waals surface area contributed by atoms with Crippen LogP contribution < -0.4 is 5.73 Å². The van der Waals surface area contributed by atoms with Crippen molar-refractivity contribution in [2.75, 3.05) is 0 Å². The van der Waals surface area contributed by atoms with Gasteiger partial charge in [0, 0.05) is 17.6 Å². The van der Waals surface area contributed by atoms with E-state index in [4.69, 9.17) is 28.9 Å². The van der Waals surface area contributed by atoms with Crippen molar-refractivity contribution < 1.29 is 0 Å². The first kappa shape index (κ1) is 11.4. The molecule has 2 aromatic rings. The number of nitrogens with two attached hydrogens (primary N) is 1. The highest BCUT2D eigenvalue weighted by molar-refractivity contribution is 6.36. The lowest BCUT2D eigenvalue weighted by molar-refractivity contribution is 0.797. The molecule has 0 radical (unpaired) electrons. The summed E-state index contributed by atoms with van der Waals surface area (Å²) in [6, 6.07) is 5.25. The molecule has 84 valence electrons. The van der Waals surface area contributed by atoms with Gasteiger partial charge < -0.3 is 10.3 Å². The number of nitrogens with zero attached hydrogens (tertiary/aromatic N) is 3. The normalized spacial score (nSPS) is 10.8. The van der Waals surface area contributed by atoms with E-state index in [1.807, 2.05) is 17.7 Å². The van der Waals surface area contributed by atoms with Crippen molar-refractivity contribution >= 4 is 23.2 Å². The van der Waals surface area contributed by atoms with Crippen molar-refractivity contribution in [3.05, 3.63) is 34.1 Å². The molecule has 0 aliphatic rings. The highest BCUT2D eigenvalue weighted by Crippen LogP contribution is 2.28. The number of halogens is 2. The van der Waals surface area contributed by atoms with E-state index in [-0.39, 0.29) is 0 Å². The zero-order valence-electron chi connectivity index (χ0n) is 8.61. The van der Waals surface area contributed by atoms with Crippen molar-refractivity contribution in [1.29, 1.82) is 0 Å². The predicted octanol–water partition coefficient (Wildman–Crippen LogP) is 2.25. The second-order valence-electron chi connectivity index (χ2n) is 3.33. The van der Waals surface area contributed by atoms with E-state index >= 15 is 0 Å². The van der Waals surface area contributed by atoms with Gasteiger partial charge in [0.05, 0.1) is 11.6 Å². The van der Waals surface area contributed by atoms with Gasteiger partial charge in [-0.05, 0) is 18.2 Å². The number of hydrogen-bond donors (Lipinski definition) is 1. The van der Waals surface area contributed by atoms with Gasteiger partial charge in [-0.25, -0.2) is 0 Å². The highest BCUT2D eigenvalue weighted by atomic mass is 35.5. The molecule has 2 rings (SSSR count). The molecule has 0 saturated heterocycles. The summed E-state index contributed by atoms with van der Waals surface area (Å²) in [6.45, 7) is 0.342. The van der Waals surface area contributed by atoms with Crippen molar-refractivity contribution in [1.82, 2.24) is 14.8 Å². The molecule has 0 amide bonds. The lowest BCUT2D eigenvalue weighted by atomic mass is 10.2. The summed E-state index contributed by atoms with van der Waals surface area (Å²) < 4.78 is 1.81. The smallest absolute Gasteiger partial charge is 0.165 e. The molecule has 0 unspecified atom stereocenters. The van der Waals surface area contributed by atoms with Gasteiger partial charge in [0.25, 0.3) is 0 Å². The molecule has 2 N–H and O–H groups in total. The van der Waals surface area contributed by atoms with Crippen molar-refractivity contribution in [2.45, 2.75) is 6.54 Å². The van der Waals surface area contributed by atoms with Crippen LogP contribution in [0.15, 0.2) is 18.2 Å². The minimum Gasteiger partial charge on any atom is -0.324 e. The molecule has 0 aliphatic carbocycles. The summed E-state index contributed by atoms with van der Waals surface area (Å²) in [7, 11) is 1.85. The van der Waals surface area contributed by atoms with Gasteiger partial charge in [-0.1, -0.05) is 23.2 Å². The van der Waals surface area contributed by atoms with E-state index < -0.39 is 0 Å². The highest BCUT2D eigenvalue weighted by Gasteiger charge is 2.12. The Bertz CT molecular complexity index is 522. The van der Waals surface area contributed by atoms with Crippen LogP contribution in [0.3, 0.4) is 0 Å². The van der Waals surface area contributed by atoms with E-state index in [0.29, 0.717) is 28.2 Å². The lowest BCUT2D eigenvalue weighted by Gasteiger charge is -2.04. The molecule has 0 atom stereocenters. The summed E-state index contributed by atoms with van der Waals surface area (Å²) in [5.41, 5.74) is 6.32. The quantitative estimate of drug-likeness (QED) is 0.897. The molecule has 4 nitrogen and oxygen atoms in total. The second-order valence-corrected chi connectivity index (χ2v) is 4.17. The summed E-state index contributed by atoms with van der Waals surface area (Å²) in [6.07, 6.45) is 0. The first-order chi connectivity index (χ1) is 7.63. The number of aromatic nitrogens is 3. The van der Waals surface area contributed by atoms with Crippen LogP contribution in [0, 0.1) is 0 Å². The van der Waals surface area contributed by atoms with Crippen LogP contribution in [0.5, 0.6) is 0 Å². The molecule has 1 aromatic heterocycles. The zero-order chi connectivity index (χ0) is 11.7. The third-order valence-electron chi connectivity index (χ3n) is 2.32. The van der Waals surface area contributed by atoms with Crippen molar-refractivity contribution in [3.8, 4) is 11.4 Å². The Morgan fingerprint density at radius 1 is 1.31 bits per heavy atom. The maximum absolute atomic E-state index is 6.09. The van der Waals surface area contributed by atoms with Crippen LogP contribution in [0.2, 0.25) is 10.0 Å². The van der Waals surface area contributed by atoms with Crippen molar-refractivity contribution in [2.24, 2.45) is 12.8 Å². The van der Waals surface area contributed by atoms with Crippen LogP contribution in [-0.4, -0.2) is 14.8 Å². The van der Waals surface area contributed by atoms with Crippen LogP contribution in [0.4, 0.5) is 0 Å². The minimum absolute atomic E-state index is 0.342. The zero-order valence-corrected chi connectivity index (χ0v) is 10.1. The fraction of sp³-hybridized carbons (Fsp3) is 0.200. The maximum Gasteiger partial charge on any atom is 0.165 e. The summed E-state index contributed by atoms with van der Waals surface area (Å²) in [4.78, 5) is 0. The van der Waals surface area contributed by atoms with E-state index in [9.17, 15) is 0 Å². The average Bonchev–Trinajstić information content (AvgIpc) is 2.60. The first-order valence-electron chi connectivity index (χ1n) is 4.67. The van der Waals surface area contributed by atoms with Gasteiger partial charge in [-0.2, -0.15) is 0 Å². The Morgan fingerprint density at radius 3 is 2.62 bits per heavy atom. The number of benzene rings is 1. The third-order valence-corrected chi connectivity index (χ3v) is 2.87. The molecule has 0 saturated carbocycles. The Hall–Kier alpha value is -1.10. The summed E-state index contributed by atoms with van der Waals surface area (Å²) in [5, 5.41) is 9.16. The maximum atomic E-state index is 6.09. The third kappa shape index (κ3) is 1.91. The molecule has 16 heavy (non-hydrogen) atoms. The lowest BCUT2D eigenvalue weighted by Crippen LogP contribution is -2.05. The molecule has 6 heteroatoms. The van der Waals surface area contributed by atoms with E-state index in [1.165, 1.54) is 0 Å². The second kappa shape index (κ2) is 4.41. The van der Waals surface area contributed by atoms with Gasteiger partial charge >= 0.3 is 0 Å². The Kier molecular flexibility index (Phi) is 3.14. The monoisotopic (exact) mass is 256 g/mol.